The molecule has 0 saturated carbocycles. The summed E-state index contributed by atoms with van der Waals surface area (Å²) in [5.41, 5.74) is 0. The first kappa shape index (κ1) is 18.9. The Morgan fingerprint density at radius 2 is 1.37 bits per heavy atom. The molecule has 0 N–H and O–H groups in total. The van der Waals surface area contributed by atoms with E-state index in [1.165, 1.54) is 57.8 Å². The van der Waals surface area contributed by atoms with Crippen molar-refractivity contribution >= 4 is 0 Å². The minimum absolute atomic E-state index is 0.414. The molecule has 0 aliphatic carbocycles. The van der Waals surface area contributed by atoms with Crippen LogP contribution in [0.4, 0.5) is 0 Å². The number of hydrogen-bond acceptors (Lipinski definition) is 2. The molecule has 0 aliphatic rings. The van der Waals surface area contributed by atoms with E-state index in [1.54, 1.807) is 0 Å². The maximum Gasteiger partial charge on any atom is 0.0596 e. The summed E-state index contributed by atoms with van der Waals surface area (Å²) in [6.45, 7) is 9.21. The van der Waals surface area contributed by atoms with Gasteiger partial charge in [-0.1, -0.05) is 58.8 Å². The van der Waals surface area contributed by atoms with Gasteiger partial charge in [0.15, 0.2) is 0 Å². The van der Waals surface area contributed by atoms with Crippen LogP contribution in [0.3, 0.4) is 0 Å². The zero-order chi connectivity index (χ0) is 14.2. The SMILES string of the molecule is CCCCCCCOCCC(CCCCC)OCC. The van der Waals surface area contributed by atoms with Crippen LogP contribution in [0.1, 0.15) is 85.0 Å². The van der Waals surface area contributed by atoms with Gasteiger partial charge in [-0.15, -0.1) is 0 Å². The lowest BCUT2D eigenvalue weighted by atomic mass is 10.1. The first-order valence-electron chi connectivity index (χ1n) is 8.54. The topological polar surface area (TPSA) is 18.5 Å². The van der Waals surface area contributed by atoms with Gasteiger partial charge in [-0.05, 0) is 26.2 Å². The smallest absolute Gasteiger partial charge is 0.0596 e. The van der Waals surface area contributed by atoms with E-state index in [0.29, 0.717) is 6.10 Å². The fourth-order valence-electron chi connectivity index (χ4n) is 2.29. The van der Waals surface area contributed by atoms with Crippen LogP contribution < -0.4 is 0 Å². The molecular weight excluding hydrogens is 236 g/mol. The second kappa shape index (κ2) is 16.0. The summed E-state index contributed by atoms with van der Waals surface area (Å²) >= 11 is 0. The molecule has 0 aromatic carbocycles. The van der Waals surface area contributed by atoms with E-state index in [2.05, 4.69) is 20.8 Å². The molecule has 2 nitrogen and oxygen atoms in total. The molecule has 0 heterocycles. The molecule has 1 unspecified atom stereocenters. The Balaban J connectivity index is 3.36. The predicted molar refractivity (Wildman–Crippen MR) is 83.8 cm³/mol. The largest absolute Gasteiger partial charge is 0.381 e. The molecule has 0 bridgehead atoms. The van der Waals surface area contributed by atoms with Gasteiger partial charge in [0.1, 0.15) is 0 Å². The predicted octanol–water partition coefficient (Wildman–Crippen LogP) is 5.35. The normalized spacial score (nSPS) is 12.8. The van der Waals surface area contributed by atoms with Crippen LogP contribution >= 0.6 is 0 Å². The molecule has 0 aliphatic heterocycles. The van der Waals surface area contributed by atoms with E-state index in [9.17, 15) is 0 Å². The molecule has 0 aromatic rings. The van der Waals surface area contributed by atoms with E-state index < -0.39 is 0 Å². The molecule has 0 radical (unpaired) electrons. The third kappa shape index (κ3) is 14.1. The summed E-state index contributed by atoms with van der Waals surface area (Å²) in [6.07, 6.45) is 13.1. The Hall–Kier alpha value is -0.0800. The van der Waals surface area contributed by atoms with Crippen LogP contribution in [0.25, 0.3) is 0 Å². The third-order valence-electron chi connectivity index (χ3n) is 3.51. The standard InChI is InChI=1S/C17H36O2/c1-4-7-9-10-12-15-18-16-14-17(19-6-3)13-11-8-5-2/h17H,4-16H2,1-3H3. The highest BCUT2D eigenvalue weighted by atomic mass is 16.5. The van der Waals surface area contributed by atoms with Crippen molar-refractivity contribution in [3.8, 4) is 0 Å². The maximum absolute atomic E-state index is 5.77. The summed E-state index contributed by atoms with van der Waals surface area (Å²) < 4.78 is 11.5. The average molecular weight is 272 g/mol. The van der Waals surface area contributed by atoms with Gasteiger partial charge in [-0.3, -0.25) is 0 Å². The average Bonchev–Trinajstić information content (AvgIpc) is 2.42. The van der Waals surface area contributed by atoms with Crippen LogP contribution in [0, 0.1) is 0 Å². The van der Waals surface area contributed by atoms with Crippen molar-refractivity contribution < 1.29 is 9.47 Å². The van der Waals surface area contributed by atoms with Crippen LogP contribution in [-0.2, 0) is 9.47 Å². The minimum atomic E-state index is 0.414. The van der Waals surface area contributed by atoms with Gasteiger partial charge in [0.2, 0.25) is 0 Å². The molecule has 0 saturated heterocycles. The lowest BCUT2D eigenvalue weighted by Gasteiger charge is -2.16. The molecule has 0 fully saturated rings. The summed E-state index contributed by atoms with van der Waals surface area (Å²) in [5, 5.41) is 0. The summed E-state index contributed by atoms with van der Waals surface area (Å²) in [7, 11) is 0. The summed E-state index contributed by atoms with van der Waals surface area (Å²) in [4.78, 5) is 0. The van der Waals surface area contributed by atoms with E-state index in [0.717, 1.165) is 26.2 Å². The number of rotatable bonds is 15. The molecule has 116 valence electrons. The van der Waals surface area contributed by atoms with Crippen molar-refractivity contribution in [1.29, 1.82) is 0 Å². The Morgan fingerprint density at radius 1 is 0.684 bits per heavy atom. The van der Waals surface area contributed by atoms with Crippen molar-refractivity contribution in [2.45, 2.75) is 91.1 Å². The van der Waals surface area contributed by atoms with Crippen LogP contribution in [-0.4, -0.2) is 25.9 Å². The quantitative estimate of drug-likeness (QED) is 0.374. The fourth-order valence-corrected chi connectivity index (χ4v) is 2.29. The Bertz CT molecular complexity index is 159. The second-order valence-corrected chi connectivity index (χ2v) is 5.39. The van der Waals surface area contributed by atoms with Gasteiger partial charge in [-0.25, -0.2) is 0 Å². The number of ether oxygens (including phenoxy) is 2. The molecule has 0 spiro atoms. The highest BCUT2D eigenvalue weighted by molar-refractivity contribution is 4.58. The molecule has 0 amide bonds. The van der Waals surface area contributed by atoms with Crippen molar-refractivity contribution in [2.24, 2.45) is 0 Å². The van der Waals surface area contributed by atoms with Gasteiger partial charge in [0, 0.05) is 19.8 Å². The molecule has 0 aromatic heterocycles. The second-order valence-electron chi connectivity index (χ2n) is 5.39. The molecule has 2 heteroatoms. The third-order valence-corrected chi connectivity index (χ3v) is 3.51. The number of hydrogen-bond donors (Lipinski definition) is 0. The maximum atomic E-state index is 5.77. The first-order chi connectivity index (χ1) is 9.35. The van der Waals surface area contributed by atoms with E-state index in [1.807, 2.05) is 0 Å². The lowest BCUT2D eigenvalue weighted by Crippen LogP contribution is -2.16. The van der Waals surface area contributed by atoms with Gasteiger partial charge in [0.25, 0.3) is 0 Å². The van der Waals surface area contributed by atoms with Crippen LogP contribution in [0.5, 0.6) is 0 Å². The summed E-state index contributed by atoms with van der Waals surface area (Å²) in [6, 6.07) is 0. The Labute approximate surface area is 121 Å². The molecule has 0 rings (SSSR count). The molecule has 1 atom stereocenters. The zero-order valence-electron chi connectivity index (χ0n) is 13.6. The van der Waals surface area contributed by atoms with E-state index in [4.69, 9.17) is 9.47 Å². The number of unbranched alkanes of at least 4 members (excludes halogenated alkanes) is 6. The summed E-state index contributed by atoms with van der Waals surface area (Å²) in [5.74, 6) is 0. The lowest BCUT2D eigenvalue weighted by molar-refractivity contribution is 0.0212. The minimum Gasteiger partial charge on any atom is -0.381 e. The fraction of sp³-hybridized carbons (Fsp3) is 1.00. The van der Waals surface area contributed by atoms with E-state index >= 15 is 0 Å². The van der Waals surface area contributed by atoms with Crippen molar-refractivity contribution in [1.82, 2.24) is 0 Å². The zero-order valence-corrected chi connectivity index (χ0v) is 13.6. The van der Waals surface area contributed by atoms with Crippen molar-refractivity contribution in [3.05, 3.63) is 0 Å². The van der Waals surface area contributed by atoms with Crippen LogP contribution in [0.2, 0.25) is 0 Å². The van der Waals surface area contributed by atoms with Crippen LogP contribution in [0.15, 0.2) is 0 Å². The molecular formula is C17H36O2. The van der Waals surface area contributed by atoms with Gasteiger partial charge < -0.3 is 9.47 Å². The van der Waals surface area contributed by atoms with Gasteiger partial charge in [0.05, 0.1) is 6.10 Å². The van der Waals surface area contributed by atoms with Gasteiger partial charge in [-0.2, -0.15) is 0 Å². The van der Waals surface area contributed by atoms with Gasteiger partial charge >= 0.3 is 0 Å². The van der Waals surface area contributed by atoms with E-state index in [-0.39, 0.29) is 0 Å². The molecule has 19 heavy (non-hydrogen) atoms. The van der Waals surface area contributed by atoms with Crippen molar-refractivity contribution in [3.63, 3.8) is 0 Å². The Morgan fingerprint density at radius 3 is 2.05 bits per heavy atom. The highest BCUT2D eigenvalue weighted by Gasteiger charge is 2.07. The monoisotopic (exact) mass is 272 g/mol. The highest BCUT2D eigenvalue weighted by Crippen LogP contribution is 2.11. The van der Waals surface area contributed by atoms with Crippen molar-refractivity contribution in [2.75, 3.05) is 19.8 Å². The Kier molecular flexibility index (Phi) is 15.9. The first-order valence-corrected chi connectivity index (χ1v) is 8.54.